The molecule has 3 heterocycles. The summed E-state index contributed by atoms with van der Waals surface area (Å²) in [5.41, 5.74) is 0.224. The molecule has 2 amide bonds. The lowest BCUT2D eigenvalue weighted by molar-refractivity contribution is -0.150. The van der Waals surface area contributed by atoms with Crippen molar-refractivity contribution >= 4 is 28.7 Å². The average molecular weight is 500 g/mol. The summed E-state index contributed by atoms with van der Waals surface area (Å²) in [6.07, 6.45) is 3.23. The number of phenolic OH excluding ortho intramolecular Hbond substituents is 1. The number of alkyl carbamates (subject to hydrolysis) is 1. The van der Waals surface area contributed by atoms with Gasteiger partial charge in [-0.05, 0) is 54.9 Å². The fourth-order valence-corrected chi connectivity index (χ4v) is 4.80. The number of benzene rings is 1. The van der Waals surface area contributed by atoms with Gasteiger partial charge in [-0.25, -0.2) is 14.6 Å². The number of fused-ring (bicyclic) bond motifs is 3. The van der Waals surface area contributed by atoms with E-state index in [-0.39, 0.29) is 31.2 Å². The third-order valence-corrected chi connectivity index (χ3v) is 6.71. The smallest absolute Gasteiger partial charge is 0.407 e. The first-order chi connectivity index (χ1) is 17.0. The van der Waals surface area contributed by atoms with Crippen LogP contribution in [0.1, 0.15) is 52.0 Å². The van der Waals surface area contributed by atoms with Gasteiger partial charge in [-0.1, -0.05) is 20.8 Å². The van der Waals surface area contributed by atoms with E-state index in [2.05, 4.69) is 10.3 Å². The molecule has 2 aliphatic heterocycles. The topological polar surface area (TPSA) is 138 Å². The summed E-state index contributed by atoms with van der Waals surface area (Å²) in [5, 5.41) is 24.3. The minimum Gasteiger partial charge on any atom is -0.507 e. The lowest BCUT2D eigenvalue weighted by atomic mass is 9.85. The van der Waals surface area contributed by atoms with Gasteiger partial charge in [-0.3, -0.25) is 4.79 Å². The van der Waals surface area contributed by atoms with Crippen molar-refractivity contribution in [3.8, 4) is 11.6 Å². The van der Waals surface area contributed by atoms with E-state index < -0.39 is 41.6 Å². The van der Waals surface area contributed by atoms with Crippen LogP contribution in [0.3, 0.4) is 0 Å². The van der Waals surface area contributed by atoms with Crippen molar-refractivity contribution in [1.82, 2.24) is 15.2 Å². The van der Waals surface area contributed by atoms with Crippen molar-refractivity contribution in [2.45, 2.75) is 71.1 Å². The predicted molar refractivity (Wildman–Crippen MR) is 131 cm³/mol. The van der Waals surface area contributed by atoms with Gasteiger partial charge >= 0.3 is 12.1 Å². The molecule has 10 heteroatoms. The number of carbonyl (C=O) groups is 3. The molecule has 2 aromatic rings. The first kappa shape index (κ1) is 25.5. The molecule has 3 N–H and O–H groups in total. The second-order valence-electron chi connectivity index (χ2n) is 10.5. The van der Waals surface area contributed by atoms with Crippen LogP contribution < -0.4 is 10.1 Å². The lowest BCUT2D eigenvalue weighted by Crippen LogP contribution is -2.57. The van der Waals surface area contributed by atoms with Gasteiger partial charge in [0.2, 0.25) is 11.8 Å². The molecule has 194 valence electrons. The zero-order valence-electron chi connectivity index (χ0n) is 20.8. The third-order valence-electron chi connectivity index (χ3n) is 6.71. The molecule has 0 spiro atoms. The molecule has 2 aliphatic rings. The fourth-order valence-electron chi connectivity index (χ4n) is 4.80. The molecule has 4 bridgehead atoms. The highest BCUT2D eigenvalue weighted by Gasteiger charge is 2.46. The van der Waals surface area contributed by atoms with Gasteiger partial charge < -0.3 is 29.9 Å². The van der Waals surface area contributed by atoms with Crippen LogP contribution in [0.15, 0.2) is 24.4 Å². The molecular weight excluding hydrogens is 466 g/mol. The Morgan fingerprint density at radius 1 is 1.17 bits per heavy atom. The van der Waals surface area contributed by atoms with Gasteiger partial charge in [0.15, 0.2) is 0 Å². The maximum Gasteiger partial charge on any atom is 0.407 e. The highest BCUT2D eigenvalue weighted by molar-refractivity contribution is 5.92. The SMILES string of the molecule is CC(C)(C)[C@@H]1NC(=O)OCCCCCc2cc(O)c3ccnc(c3c2)O[C@@H]2C[C@@H](C(=O)O)N(C2)C1=O. The van der Waals surface area contributed by atoms with Crippen molar-refractivity contribution in [3.05, 3.63) is 30.0 Å². The first-order valence-corrected chi connectivity index (χ1v) is 12.3. The summed E-state index contributed by atoms with van der Waals surface area (Å²) in [6.45, 7) is 5.61. The van der Waals surface area contributed by atoms with E-state index in [1.54, 1.807) is 32.9 Å². The standard InChI is InChI=1S/C26H33N3O7/c1-26(2,3)21-23(31)29-14-16(13-19(29)24(32)33)36-22-18-11-15(12-20(30)17(18)8-9-27-22)7-5-4-6-10-35-25(34)28-21/h8-9,11-12,16,19,21,30H,4-7,10,13-14H2,1-3H3,(H,28,34)(H,32,33)/t16-,19+,21-/m1/s1. The second kappa shape index (κ2) is 10.2. The number of nitrogens with one attached hydrogen (secondary N) is 1. The van der Waals surface area contributed by atoms with E-state index in [0.717, 1.165) is 18.4 Å². The zero-order chi connectivity index (χ0) is 26.0. The van der Waals surface area contributed by atoms with Crippen LogP contribution in [-0.2, 0) is 20.7 Å². The van der Waals surface area contributed by atoms with E-state index in [4.69, 9.17) is 9.47 Å². The number of carbonyl (C=O) groups excluding carboxylic acids is 2. The average Bonchev–Trinajstić information content (AvgIpc) is 3.23. The molecule has 10 nitrogen and oxygen atoms in total. The summed E-state index contributed by atoms with van der Waals surface area (Å²) in [6, 6.07) is 3.24. The van der Waals surface area contributed by atoms with Gasteiger partial charge in [0.25, 0.3) is 0 Å². The van der Waals surface area contributed by atoms with E-state index in [1.165, 1.54) is 11.1 Å². The Bertz CT molecular complexity index is 1160. The maximum absolute atomic E-state index is 13.6. The monoisotopic (exact) mass is 499 g/mol. The first-order valence-electron chi connectivity index (χ1n) is 12.3. The minimum absolute atomic E-state index is 0.0167. The normalized spacial score (nSPS) is 24.0. The number of carboxylic acids is 1. The minimum atomic E-state index is -1.15. The molecule has 36 heavy (non-hydrogen) atoms. The van der Waals surface area contributed by atoms with Crippen LogP contribution in [0.4, 0.5) is 4.79 Å². The number of carboxylic acid groups (broad SMARTS) is 1. The number of rotatable bonds is 1. The second-order valence-corrected chi connectivity index (χ2v) is 10.5. The highest BCUT2D eigenvalue weighted by Crippen LogP contribution is 2.34. The number of cyclic esters (lactones) is 1. The van der Waals surface area contributed by atoms with E-state index in [9.17, 15) is 24.6 Å². The largest absolute Gasteiger partial charge is 0.507 e. The highest BCUT2D eigenvalue weighted by atomic mass is 16.5. The van der Waals surface area contributed by atoms with Crippen molar-refractivity contribution in [3.63, 3.8) is 0 Å². The van der Waals surface area contributed by atoms with Gasteiger partial charge in [0.1, 0.15) is 23.9 Å². The molecule has 0 unspecified atom stereocenters. The van der Waals surface area contributed by atoms with Gasteiger partial charge in [0.05, 0.1) is 13.2 Å². The van der Waals surface area contributed by atoms with Crippen molar-refractivity contribution in [2.24, 2.45) is 5.41 Å². The number of aromatic nitrogens is 1. The number of aromatic hydroxyl groups is 1. The number of hydrogen-bond donors (Lipinski definition) is 3. The molecule has 3 atom stereocenters. The van der Waals surface area contributed by atoms with Crippen LogP contribution >= 0.6 is 0 Å². The van der Waals surface area contributed by atoms with E-state index in [0.29, 0.717) is 23.6 Å². The Morgan fingerprint density at radius 3 is 2.67 bits per heavy atom. The van der Waals surface area contributed by atoms with Gasteiger partial charge in [-0.15, -0.1) is 0 Å². The number of aryl methyl sites for hydroxylation is 1. The Morgan fingerprint density at radius 2 is 1.94 bits per heavy atom. The zero-order valence-corrected chi connectivity index (χ0v) is 20.8. The Labute approximate surface area is 209 Å². The summed E-state index contributed by atoms with van der Waals surface area (Å²) in [7, 11) is 0. The van der Waals surface area contributed by atoms with Gasteiger partial charge in [0, 0.05) is 23.4 Å². The fraction of sp³-hybridized carbons (Fsp3) is 0.538. The van der Waals surface area contributed by atoms with Gasteiger partial charge in [-0.2, -0.15) is 0 Å². The molecule has 4 rings (SSSR count). The molecule has 1 aromatic carbocycles. The maximum atomic E-state index is 13.6. The van der Waals surface area contributed by atoms with E-state index >= 15 is 0 Å². The van der Waals surface area contributed by atoms with Crippen LogP contribution in [0.5, 0.6) is 11.6 Å². The molecule has 0 aliphatic carbocycles. The molecule has 1 fully saturated rings. The molecule has 0 radical (unpaired) electrons. The lowest BCUT2D eigenvalue weighted by Gasteiger charge is -2.34. The summed E-state index contributed by atoms with van der Waals surface area (Å²) < 4.78 is 11.5. The van der Waals surface area contributed by atoms with Crippen LogP contribution in [0.25, 0.3) is 10.8 Å². The number of nitrogens with zero attached hydrogens (tertiary/aromatic N) is 2. The third kappa shape index (κ3) is 5.47. The van der Waals surface area contributed by atoms with Crippen LogP contribution in [0.2, 0.25) is 0 Å². The summed E-state index contributed by atoms with van der Waals surface area (Å²) in [4.78, 5) is 43.7. The summed E-state index contributed by atoms with van der Waals surface area (Å²) in [5.74, 6) is -1.27. The Balaban J connectivity index is 1.71. The summed E-state index contributed by atoms with van der Waals surface area (Å²) >= 11 is 0. The predicted octanol–water partition coefficient (Wildman–Crippen LogP) is 3.24. The quantitative estimate of drug-likeness (QED) is 0.544. The molecule has 1 aromatic heterocycles. The molecule has 1 saturated heterocycles. The number of amides is 2. The number of aliphatic carboxylic acids is 1. The number of ether oxygens (including phenoxy) is 2. The van der Waals surface area contributed by atoms with Crippen molar-refractivity contribution < 1.29 is 34.1 Å². The van der Waals surface area contributed by atoms with Crippen molar-refractivity contribution in [1.29, 1.82) is 0 Å². The Hall–Kier alpha value is -3.56. The molecular formula is C26H33N3O7. The van der Waals surface area contributed by atoms with E-state index in [1.807, 2.05) is 6.07 Å². The number of pyridine rings is 1. The number of hydrogen-bond acceptors (Lipinski definition) is 7. The van der Waals surface area contributed by atoms with Crippen LogP contribution in [0, 0.1) is 5.41 Å². The Kier molecular flexibility index (Phi) is 7.23. The molecule has 0 saturated carbocycles. The van der Waals surface area contributed by atoms with Crippen LogP contribution in [-0.4, -0.2) is 69.4 Å². The van der Waals surface area contributed by atoms with Crippen molar-refractivity contribution in [2.75, 3.05) is 13.2 Å². The number of phenols is 1.